The van der Waals surface area contributed by atoms with E-state index in [0.717, 1.165) is 0 Å². The zero-order chi connectivity index (χ0) is 9.84. The van der Waals surface area contributed by atoms with Gasteiger partial charge in [0.05, 0.1) is 11.0 Å². The van der Waals surface area contributed by atoms with Gasteiger partial charge in [0.1, 0.15) is 5.75 Å². The van der Waals surface area contributed by atoms with Gasteiger partial charge < -0.3 is 5.11 Å². The number of halogens is 1. The molecule has 5 heteroatoms. The fourth-order valence-corrected chi connectivity index (χ4v) is 1.10. The van der Waals surface area contributed by atoms with Crippen molar-refractivity contribution in [3.8, 4) is 5.75 Å². The standard InChI is InChI=1S/C8H8ClNO3/c1-13-10(12)7-2-6(5-9)3-8(11)4-7/h2-4H,5H2,1H3/p+1. The molecule has 0 aliphatic heterocycles. The SMILES string of the molecule is CO[N+](=O)c1cc(O)cc(CCl)c1. The van der Waals surface area contributed by atoms with E-state index in [4.69, 9.17) is 11.6 Å². The van der Waals surface area contributed by atoms with Crippen molar-refractivity contribution in [1.82, 2.24) is 0 Å². The third-order valence-electron chi connectivity index (χ3n) is 1.49. The minimum Gasteiger partial charge on any atom is -0.508 e. The molecule has 0 amide bonds. The molecule has 13 heavy (non-hydrogen) atoms. The van der Waals surface area contributed by atoms with E-state index in [1.807, 2.05) is 0 Å². The van der Waals surface area contributed by atoms with Crippen LogP contribution in [0.15, 0.2) is 18.2 Å². The van der Waals surface area contributed by atoms with Gasteiger partial charge in [-0.2, -0.15) is 0 Å². The van der Waals surface area contributed by atoms with Crippen molar-refractivity contribution in [2.45, 2.75) is 5.88 Å². The van der Waals surface area contributed by atoms with Crippen molar-refractivity contribution >= 4 is 17.3 Å². The Balaban J connectivity index is 3.08. The summed E-state index contributed by atoms with van der Waals surface area (Å²) in [5.41, 5.74) is 0.882. The van der Waals surface area contributed by atoms with E-state index in [1.54, 1.807) is 6.07 Å². The van der Waals surface area contributed by atoms with E-state index in [0.29, 0.717) is 10.5 Å². The van der Waals surface area contributed by atoms with E-state index in [-0.39, 0.29) is 17.3 Å². The molecule has 0 aliphatic carbocycles. The Labute approximate surface area is 80.2 Å². The number of hydrogen-bond acceptors (Lipinski definition) is 3. The summed E-state index contributed by atoms with van der Waals surface area (Å²) < 4.78 is 0. The topological polar surface area (TPSA) is 49.5 Å². The summed E-state index contributed by atoms with van der Waals surface area (Å²) in [7, 11) is 1.25. The number of aromatic hydroxyl groups is 1. The number of hydrogen-bond donors (Lipinski definition) is 1. The molecular weight excluding hydrogens is 194 g/mol. The number of phenolic OH excluding ortho intramolecular Hbond substituents is 1. The molecule has 0 heterocycles. The average Bonchev–Trinajstić information content (AvgIpc) is 2.15. The third-order valence-corrected chi connectivity index (χ3v) is 1.80. The van der Waals surface area contributed by atoms with Gasteiger partial charge in [0.2, 0.25) is 0 Å². The lowest BCUT2D eigenvalue weighted by Gasteiger charge is -1.96. The Morgan fingerprint density at radius 2 is 2.23 bits per heavy atom. The maximum Gasteiger partial charge on any atom is 0.320 e. The van der Waals surface area contributed by atoms with E-state index >= 15 is 0 Å². The van der Waals surface area contributed by atoms with Crippen molar-refractivity contribution in [3.05, 3.63) is 28.7 Å². The largest absolute Gasteiger partial charge is 0.508 e. The van der Waals surface area contributed by atoms with Crippen LogP contribution in [0.4, 0.5) is 5.69 Å². The van der Waals surface area contributed by atoms with Crippen LogP contribution in [0.1, 0.15) is 5.56 Å². The quantitative estimate of drug-likeness (QED) is 0.603. The molecule has 1 N–H and O–H groups in total. The number of nitrogens with zero attached hydrogens (tertiary/aromatic N) is 1. The maximum atomic E-state index is 11.0. The van der Waals surface area contributed by atoms with Gasteiger partial charge in [0.25, 0.3) is 4.92 Å². The zero-order valence-electron chi connectivity index (χ0n) is 7.03. The molecule has 0 atom stereocenters. The fourth-order valence-electron chi connectivity index (χ4n) is 0.944. The van der Waals surface area contributed by atoms with Crippen molar-refractivity contribution in [2.75, 3.05) is 7.11 Å². The maximum absolute atomic E-state index is 11.0. The Kier molecular flexibility index (Phi) is 3.08. The summed E-state index contributed by atoms with van der Waals surface area (Å²) in [6.45, 7) is 0. The van der Waals surface area contributed by atoms with Crippen LogP contribution in [0.25, 0.3) is 0 Å². The molecule has 0 aliphatic rings. The first kappa shape index (κ1) is 9.80. The molecule has 70 valence electrons. The number of benzene rings is 1. The van der Waals surface area contributed by atoms with Crippen LogP contribution in [0.3, 0.4) is 0 Å². The van der Waals surface area contributed by atoms with Crippen LogP contribution in [-0.2, 0) is 10.7 Å². The van der Waals surface area contributed by atoms with Crippen molar-refractivity contribution in [1.29, 1.82) is 0 Å². The van der Waals surface area contributed by atoms with Crippen LogP contribution in [0.2, 0.25) is 0 Å². The predicted molar refractivity (Wildman–Crippen MR) is 48.0 cm³/mol. The third kappa shape index (κ3) is 2.32. The van der Waals surface area contributed by atoms with Crippen LogP contribution in [-0.4, -0.2) is 17.1 Å². The fraction of sp³-hybridized carbons (Fsp3) is 0.250. The van der Waals surface area contributed by atoms with Gasteiger partial charge in [-0.25, -0.2) is 4.84 Å². The molecule has 0 saturated carbocycles. The molecule has 0 saturated heterocycles. The second-order valence-electron chi connectivity index (χ2n) is 2.43. The van der Waals surface area contributed by atoms with E-state index in [1.165, 1.54) is 19.2 Å². The average molecular weight is 203 g/mol. The first-order chi connectivity index (χ1) is 6.17. The second kappa shape index (κ2) is 4.09. The lowest BCUT2D eigenvalue weighted by Crippen LogP contribution is -1.98. The molecule has 0 spiro atoms. The summed E-state index contributed by atoms with van der Waals surface area (Å²) in [4.78, 5) is 15.7. The minimum absolute atomic E-state index is 0.00829. The number of phenols is 1. The highest BCUT2D eigenvalue weighted by atomic mass is 35.5. The molecule has 1 aromatic rings. The molecule has 0 aromatic heterocycles. The predicted octanol–water partition coefficient (Wildman–Crippen LogP) is 2.10. The molecular formula is C8H9ClNO3+. The molecule has 4 nitrogen and oxygen atoms in total. The van der Waals surface area contributed by atoms with Gasteiger partial charge in [-0.05, 0) is 11.6 Å². The second-order valence-corrected chi connectivity index (χ2v) is 2.70. The van der Waals surface area contributed by atoms with E-state index in [9.17, 15) is 10.0 Å². The minimum atomic E-state index is -0.00829. The van der Waals surface area contributed by atoms with Crippen molar-refractivity contribution < 1.29 is 14.9 Å². The first-order valence-electron chi connectivity index (χ1n) is 3.57. The van der Waals surface area contributed by atoms with Crippen molar-refractivity contribution in [3.63, 3.8) is 0 Å². The van der Waals surface area contributed by atoms with Crippen LogP contribution in [0.5, 0.6) is 5.75 Å². The van der Waals surface area contributed by atoms with Crippen LogP contribution in [0, 0.1) is 4.91 Å². The lowest BCUT2D eigenvalue weighted by atomic mass is 10.2. The van der Waals surface area contributed by atoms with E-state index < -0.39 is 0 Å². The van der Waals surface area contributed by atoms with Gasteiger partial charge in [-0.3, -0.25) is 0 Å². The summed E-state index contributed by atoms with van der Waals surface area (Å²) in [6, 6.07) is 4.33. The Morgan fingerprint density at radius 1 is 1.54 bits per heavy atom. The highest BCUT2D eigenvalue weighted by molar-refractivity contribution is 6.17. The molecule has 0 bridgehead atoms. The summed E-state index contributed by atoms with van der Waals surface area (Å²) in [6.07, 6.45) is 0. The van der Waals surface area contributed by atoms with Gasteiger partial charge in [-0.1, -0.05) is 0 Å². The first-order valence-corrected chi connectivity index (χ1v) is 4.11. The highest BCUT2D eigenvalue weighted by Gasteiger charge is 2.16. The number of alkyl halides is 1. The Morgan fingerprint density at radius 3 is 2.77 bits per heavy atom. The highest BCUT2D eigenvalue weighted by Crippen LogP contribution is 2.22. The molecule has 0 fully saturated rings. The molecule has 0 radical (unpaired) electrons. The van der Waals surface area contributed by atoms with Crippen LogP contribution >= 0.6 is 11.6 Å². The van der Waals surface area contributed by atoms with Gasteiger partial charge >= 0.3 is 5.69 Å². The Bertz CT molecular complexity index is 327. The normalized spacial score (nSPS) is 9.69. The monoisotopic (exact) mass is 202 g/mol. The summed E-state index contributed by atoms with van der Waals surface area (Å²) in [5, 5.41) is 9.19. The Hall–Kier alpha value is -1.29. The number of rotatable bonds is 3. The van der Waals surface area contributed by atoms with E-state index in [2.05, 4.69) is 4.84 Å². The van der Waals surface area contributed by atoms with Gasteiger partial charge in [0, 0.05) is 11.9 Å². The van der Waals surface area contributed by atoms with Gasteiger partial charge in [0.15, 0.2) is 7.11 Å². The molecule has 0 unspecified atom stereocenters. The zero-order valence-corrected chi connectivity index (χ0v) is 7.78. The van der Waals surface area contributed by atoms with Gasteiger partial charge in [-0.15, -0.1) is 11.6 Å². The summed E-state index contributed by atoms with van der Waals surface area (Å²) >= 11 is 5.55. The van der Waals surface area contributed by atoms with Crippen LogP contribution < -0.4 is 0 Å². The van der Waals surface area contributed by atoms with Crippen molar-refractivity contribution in [2.24, 2.45) is 0 Å². The lowest BCUT2D eigenvalue weighted by molar-refractivity contribution is -0.736. The summed E-state index contributed by atoms with van der Waals surface area (Å²) in [5.74, 6) is 0.227. The smallest absolute Gasteiger partial charge is 0.320 e. The molecule has 1 aromatic carbocycles. The molecule has 1 rings (SSSR count).